The number of hydrogen-bond donors (Lipinski definition) is 1. The van der Waals surface area contributed by atoms with E-state index < -0.39 is 35.8 Å². The Kier molecular flexibility index (Phi) is 5.30. The molecule has 0 aromatic heterocycles. The Labute approximate surface area is 195 Å². The molecule has 1 N–H and O–H groups in total. The number of carboxylic acid groups (broad SMARTS) is 1. The van der Waals surface area contributed by atoms with Gasteiger partial charge < -0.3 is 9.84 Å². The van der Waals surface area contributed by atoms with Crippen LogP contribution in [0.5, 0.6) is 5.75 Å². The van der Waals surface area contributed by atoms with Crippen molar-refractivity contribution in [3.05, 3.63) is 89.5 Å². The van der Waals surface area contributed by atoms with Crippen molar-refractivity contribution in [2.45, 2.75) is 19.1 Å². The summed E-state index contributed by atoms with van der Waals surface area (Å²) in [7, 11) is 1.56. The molecule has 3 aromatic carbocycles. The Bertz CT molecular complexity index is 1270. The van der Waals surface area contributed by atoms with E-state index in [1.54, 1.807) is 18.2 Å². The highest BCUT2D eigenvalue weighted by molar-refractivity contribution is 6.24. The average Bonchev–Trinajstić information content (AvgIpc) is 3.35. The number of methoxy groups -OCH3 is 1. The summed E-state index contributed by atoms with van der Waals surface area (Å²) in [5.74, 6) is -2.23. The lowest BCUT2D eigenvalue weighted by Gasteiger charge is -2.29. The summed E-state index contributed by atoms with van der Waals surface area (Å²) >= 11 is 0. The van der Waals surface area contributed by atoms with Gasteiger partial charge in [-0.25, -0.2) is 14.8 Å². The van der Waals surface area contributed by atoms with Crippen molar-refractivity contribution >= 4 is 29.2 Å². The van der Waals surface area contributed by atoms with Crippen LogP contribution in [0.15, 0.2) is 72.8 Å². The number of hydrogen-bond acceptors (Lipinski definition) is 6. The van der Waals surface area contributed by atoms with E-state index in [2.05, 4.69) is 0 Å². The Morgan fingerprint density at radius 1 is 0.912 bits per heavy atom. The van der Waals surface area contributed by atoms with Crippen LogP contribution in [0.3, 0.4) is 0 Å². The van der Waals surface area contributed by atoms with Crippen molar-refractivity contribution in [3.63, 3.8) is 0 Å². The van der Waals surface area contributed by atoms with Crippen molar-refractivity contribution in [3.8, 4) is 5.75 Å². The number of imide groups is 1. The van der Waals surface area contributed by atoms with Crippen molar-refractivity contribution in [1.82, 2.24) is 0 Å². The van der Waals surface area contributed by atoms with Crippen LogP contribution in [0.2, 0.25) is 0 Å². The zero-order valence-corrected chi connectivity index (χ0v) is 18.5. The van der Waals surface area contributed by atoms with Gasteiger partial charge in [-0.15, -0.1) is 0 Å². The van der Waals surface area contributed by atoms with Crippen molar-refractivity contribution in [1.29, 1.82) is 0 Å². The van der Waals surface area contributed by atoms with Crippen LogP contribution in [0, 0.1) is 12.8 Å². The lowest BCUT2D eigenvalue weighted by atomic mass is 9.90. The number of aromatic carboxylic acids is 1. The highest BCUT2D eigenvalue weighted by Crippen LogP contribution is 2.49. The number of carbonyl (C=O) groups is 3. The lowest BCUT2D eigenvalue weighted by Crippen LogP contribution is -2.37. The molecule has 0 radical (unpaired) electrons. The quantitative estimate of drug-likeness (QED) is 0.582. The SMILES string of the molecule is COc1ccccc1[C@H]1[C@H]2C(=O)N(c3ccc(C(=O)O)cc3)C(=O)[C@H]2ON1c1ccc(C)cc1. The smallest absolute Gasteiger partial charge is 0.335 e. The van der Waals surface area contributed by atoms with Crippen LogP contribution in [0.25, 0.3) is 0 Å². The predicted molar refractivity (Wildman–Crippen MR) is 124 cm³/mol. The second-order valence-electron chi connectivity index (χ2n) is 8.26. The molecule has 8 nitrogen and oxygen atoms in total. The minimum absolute atomic E-state index is 0.0664. The van der Waals surface area contributed by atoms with Gasteiger partial charge in [-0.2, -0.15) is 0 Å². The van der Waals surface area contributed by atoms with E-state index in [0.29, 0.717) is 17.1 Å². The normalized spacial score (nSPS) is 21.6. The van der Waals surface area contributed by atoms with E-state index in [4.69, 9.17) is 14.7 Å². The molecule has 5 rings (SSSR count). The number of amides is 2. The fourth-order valence-electron chi connectivity index (χ4n) is 4.56. The summed E-state index contributed by atoms with van der Waals surface area (Å²) in [6.45, 7) is 1.97. The maximum Gasteiger partial charge on any atom is 0.335 e. The number of rotatable bonds is 5. The Morgan fingerprint density at radius 3 is 2.21 bits per heavy atom. The number of ether oxygens (including phenoxy) is 1. The molecule has 3 aromatic rings. The molecule has 2 amide bonds. The van der Waals surface area contributed by atoms with Crippen LogP contribution >= 0.6 is 0 Å². The summed E-state index contributed by atoms with van der Waals surface area (Å²) in [5, 5.41) is 10.8. The molecule has 0 saturated carbocycles. The van der Waals surface area contributed by atoms with Crippen molar-refractivity contribution < 1.29 is 29.1 Å². The predicted octanol–water partition coefficient (Wildman–Crippen LogP) is 3.75. The number of hydroxylamine groups is 1. The van der Waals surface area contributed by atoms with Crippen LogP contribution in [-0.4, -0.2) is 36.1 Å². The second kappa shape index (κ2) is 8.31. The molecule has 3 atom stereocenters. The van der Waals surface area contributed by atoms with E-state index in [-0.39, 0.29) is 5.56 Å². The van der Waals surface area contributed by atoms with Crippen LogP contribution in [0.1, 0.15) is 27.5 Å². The standard InChI is InChI=1S/C26H22N2O6/c1-15-7-11-18(12-8-15)28-22(19-5-3-4-6-20(19)33-2)21-23(34-28)25(30)27(24(21)29)17-13-9-16(10-14-17)26(31)32/h3-14,21-23H,1-2H3,(H,31,32)/t21-,22+,23+/m1/s1. The third-order valence-electron chi connectivity index (χ3n) is 6.23. The maximum absolute atomic E-state index is 13.7. The molecule has 2 aliphatic rings. The van der Waals surface area contributed by atoms with Gasteiger partial charge in [-0.3, -0.25) is 14.4 Å². The minimum atomic E-state index is -1.09. The van der Waals surface area contributed by atoms with Gasteiger partial charge in [0.2, 0.25) is 5.91 Å². The molecule has 0 aliphatic carbocycles. The van der Waals surface area contributed by atoms with Gasteiger partial charge in [0, 0.05) is 5.56 Å². The summed E-state index contributed by atoms with van der Waals surface area (Å²) in [4.78, 5) is 45.5. The number of nitrogens with zero attached hydrogens (tertiary/aromatic N) is 2. The molecule has 2 fully saturated rings. The molecule has 172 valence electrons. The third kappa shape index (κ3) is 3.39. The number of aryl methyl sites for hydroxylation is 1. The summed E-state index contributed by atoms with van der Waals surface area (Å²) in [6, 6.07) is 20.0. The van der Waals surface area contributed by atoms with Gasteiger partial charge >= 0.3 is 5.97 Å². The molecule has 0 bridgehead atoms. The van der Waals surface area contributed by atoms with E-state index in [9.17, 15) is 14.4 Å². The first kappa shape index (κ1) is 21.7. The number of carboxylic acids is 1. The lowest BCUT2D eigenvalue weighted by molar-refractivity contribution is -0.126. The number of anilines is 2. The Hall–Kier alpha value is -4.17. The number of fused-ring (bicyclic) bond motifs is 1. The van der Waals surface area contributed by atoms with Gasteiger partial charge in [0.05, 0.1) is 30.1 Å². The fraction of sp³-hybridized carbons (Fsp3) is 0.192. The first-order valence-electron chi connectivity index (χ1n) is 10.8. The largest absolute Gasteiger partial charge is 0.496 e. The van der Waals surface area contributed by atoms with Gasteiger partial charge in [-0.1, -0.05) is 35.9 Å². The molecule has 2 heterocycles. The highest BCUT2D eigenvalue weighted by Gasteiger charge is 2.60. The maximum atomic E-state index is 13.7. The summed E-state index contributed by atoms with van der Waals surface area (Å²) in [6.07, 6.45) is -1.03. The van der Waals surface area contributed by atoms with E-state index in [1.165, 1.54) is 24.3 Å². The van der Waals surface area contributed by atoms with Gasteiger partial charge in [0.1, 0.15) is 11.7 Å². The topological polar surface area (TPSA) is 96.4 Å². The number of para-hydroxylation sites is 1. The average molecular weight is 458 g/mol. The van der Waals surface area contributed by atoms with Crippen molar-refractivity contribution in [2.24, 2.45) is 5.92 Å². The van der Waals surface area contributed by atoms with E-state index in [0.717, 1.165) is 16.0 Å². The van der Waals surface area contributed by atoms with E-state index in [1.807, 2.05) is 49.4 Å². The minimum Gasteiger partial charge on any atom is -0.496 e. The highest BCUT2D eigenvalue weighted by atomic mass is 16.7. The number of carbonyl (C=O) groups excluding carboxylic acids is 2. The zero-order valence-electron chi connectivity index (χ0n) is 18.5. The van der Waals surface area contributed by atoms with Gasteiger partial charge in [0.15, 0.2) is 6.10 Å². The molecular weight excluding hydrogens is 436 g/mol. The van der Waals surface area contributed by atoms with E-state index >= 15 is 0 Å². The van der Waals surface area contributed by atoms with Crippen LogP contribution in [0.4, 0.5) is 11.4 Å². The Morgan fingerprint density at radius 2 is 1.56 bits per heavy atom. The summed E-state index contributed by atoms with van der Waals surface area (Å²) < 4.78 is 5.57. The molecule has 34 heavy (non-hydrogen) atoms. The van der Waals surface area contributed by atoms with Crippen LogP contribution in [-0.2, 0) is 14.4 Å². The number of benzene rings is 3. The monoisotopic (exact) mass is 458 g/mol. The van der Waals surface area contributed by atoms with Crippen molar-refractivity contribution in [2.75, 3.05) is 17.1 Å². The zero-order chi connectivity index (χ0) is 24.0. The fourth-order valence-corrected chi connectivity index (χ4v) is 4.56. The molecule has 8 heteroatoms. The molecule has 0 spiro atoms. The third-order valence-corrected chi connectivity index (χ3v) is 6.23. The molecule has 2 aliphatic heterocycles. The van der Waals surface area contributed by atoms with Gasteiger partial charge in [0.25, 0.3) is 5.91 Å². The second-order valence-corrected chi connectivity index (χ2v) is 8.26. The van der Waals surface area contributed by atoms with Gasteiger partial charge in [-0.05, 0) is 49.4 Å². The summed E-state index contributed by atoms with van der Waals surface area (Å²) in [5.41, 5.74) is 2.88. The Balaban J connectivity index is 1.58. The first-order chi connectivity index (χ1) is 16.4. The molecular formula is C26H22N2O6. The first-order valence-corrected chi connectivity index (χ1v) is 10.8. The molecule has 0 unspecified atom stereocenters. The van der Waals surface area contributed by atoms with Crippen LogP contribution < -0.4 is 14.7 Å². The molecule has 2 saturated heterocycles.